The molecule has 0 unspecified atom stereocenters. The van der Waals surface area contributed by atoms with Crippen LogP contribution in [-0.4, -0.2) is 9.97 Å². The number of nitrogens with zero attached hydrogens (tertiary/aromatic N) is 2. The molecule has 0 fully saturated rings. The fourth-order valence-corrected chi connectivity index (χ4v) is 6.32. The van der Waals surface area contributed by atoms with Gasteiger partial charge in [-0.15, -0.1) is 11.3 Å². The molecule has 9 rings (SSSR count). The van der Waals surface area contributed by atoms with Gasteiger partial charge in [-0.2, -0.15) is 0 Å². The van der Waals surface area contributed by atoms with Crippen molar-refractivity contribution in [3.05, 3.63) is 169 Å². The van der Waals surface area contributed by atoms with Crippen LogP contribution in [0.1, 0.15) is 38.4 Å². The monoisotopic (exact) mass is 644 g/mol. The molecule has 0 aliphatic carbocycles. The highest BCUT2D eigenvalue weighted by Crippen LogP contribution is 2.53. The van der Waals surface area contributed by atoms with Crippen LogP contribution >= 0.6 is 11.3 Å². The molecule has 3 aromatic heterocycles. The molecule has 0 bridgehead atoms. The van der Waals surface area contributed by atoms with Crippen molar-refractivity contribution >= 4 is 43.9 Å². The van der Waals surface area contributed by atoms with E-state index in [9.17, 15) is 9.60 Å². The molecular weight excluding hydrogens is 589 g/mol. The third-order valence-electron chi connectivity index (χ3n) is 7.05. The van der Waals surface area contributed by atoms with Crippen molar-refractivity contribution in [2.45, 2.75) is 0 Å². The van der Waals surface area contributed by atoms with Gasteiger partial charge >= 0.3 is 0 Å². The summed E-state index contributed by atoms with van der Waals surface area (Å²) < 4.78 is 250. The molecule has 0 saturated heterocycles. The van der Waals surface area contributed by atoms with Crippen LogP contribution < -0.4 is 0 Å². The molecular formula is C44H28N2S. The summed E-state index contributed by atoms with van der Waals surface area (Å²) in [5.74, 6) is 0. The van der Waals surface area contributed by atoms with Gasteiger partial charge in [0.2, 0.25) is 0 Å². The zero-order valence-electron chi connectivity index (χ0n) is 51.3. The minimum absolute atomic E-state index is 0.313. The van der Waals surface area contributed by atoms with Crippen molar-refractivity contribution in [2.24, 2.45) is 0 Å². The van der Waals surface area contributed by atoms with Crippen molar-refractivity contribution in [1.82, 2.24) is 9.97 Å². The molecule has 0 spiro atoms. The first-order valence-electron chi connectivity index (χ1n) is 27.6. The quantitative estimate of drug-likeness (QED) is 0.174. The lowest BCUT2D eigenvalue weighted by atomic mass is 9.87. The lowest BCUT2D eigenvalue weighted by Gasteiger charge is -2.16. The predicted molar refractivity (Wildman–Crippen MR) is 200 cm³/mol. The first-order chi connectivity index (χ1) is 34.9. The summed E-state index contributed by atoms with van der Waals surface area (Å²) >= 11 is 0.313. The number of aromatic nitrogens is 2. The van der Waals surface area contributed by atoms with Gasteiger partial charge in [-0.25, -0.2) is 4.98 Å². The Kier molecular flexibility index (Phi) is 2.71. The highest BCUT2D eigenvalue weighted by Gasteiger charge is 2.25. The maximum atomic E-state index is 9.96. The van der Waals surface area contributed by atoms with Crippen LogP contribution in [0.5, 0.6) is 0 Å². The maximum absolute atomic E-state index is 9.96. The summed E-state index contributed by atoms with van der Waals surface area (Å²) in [6.07, 6.45) is -0.794. The zero-order chi connectivity index (χ0) is 55.5. The van der Waals surface area contributed by atoms with E-state index in [1.54, 1.807) is 0 Å². The fourth-order valence-electron chi connectivity index (χ4n) is 5.10. The Morgan fingerprint density at radius 1 is 0.426 bits per heavy atom. The largest absolute Gasteiger partial charge is 0.254 e. The molecule has 0 amide bonds. The second-order valence-electron chi connectivity index (χ2n) is 9.64. The van der Waals surface area contributed by atoms with Gasteiger partial charge in [0.1, 0.15) is 0 Å². The topological polar surface area (TPSA) is 25.8 Å². The summed E-state index contributed by atoms with van der Waals surface area (Å²) in [6.45, 7) is 0. The van der Waals surface area contributed by atoms with E-state index < -0.39 is 256 Å². The Morgan fingerprint density at radius 2 is 0.957 bits per heavy atom. The lowest BCUT2D eigenvalue weighted by Crippen LogP contribution is -1.92. The van der Waals surface area contributed by atoms with E-state index in [0.29, 0.717) is 11.3 Å². The van der Waals surface area contributed by atoms with Crippen LogP contribution in [0.3, 0.4) is 0 Å². The number of benzene rings is 6. The Hall–Kier alpha value is -5.90. The molecule has 0 aliphatic heterocycles. The minimum Gasteiger partial charge on any atom is -0.254 e. The number of pyridine rings is 2. The van der Waals surface area contributed by atoms with E-state index in [2.05, 4.69) is 9.97 Å². The maximum Gasteiger partial charge on any atom is 0.0972 e. The van der Waals surface area contributed by atoms with E-state index in [1.807, 2.05) is 0 Å². The van der Waals surface area contributed by atoms with Crippen molar-refractivity contribution in [1.29, 1.82) is 0 Å². The summed E-state index contributed by atoms with van der Waals surface area (Å²) in [5.41, 5.74) is -7.19. The highest BCUT2D eigenvalue weighted by atomic mass is 32.1. The molecule has 0 atom stereocenters. The number of thiophene rings is 1. The van der Waals surface area contributed by atoms with Gasteiger partial charge < -0.3 is 0 Å². The molecule has 47 heavy (non-hydrogen) atoms. The SMILES string of the molecule is [2H]c1nc2c(c([2H])c1[2H])c([2H])c([2H])c1c([2H])c([2H])c(-c3c([2H])c([2H])c(-c4c(-c5c([2H])c([2H])c([2H])c([2H])c5[2H])sc(-c5c([2H])c([2H])c([2H])c([2H])c5[2H])c4-c4c([2H])c([2H])c([2H])c([2H])c4[2H])c4c([2H])c([2H])c([2H])c([2H])c34)nc12. The minimum atomic E-state index is -1.12. The first-order valence-corrected chi connectivity index (χ1v) is 14.4. The van der Waals surface area contributed by atoms with Crippen molar-refractivity contribution < 1.29 is 38.4 Å². The lowest BCUT2D eigenvalue weighted by molar-refractivity contribution is 1.37. The molecule has 220 valence electrons. The van der Waals surface area contributed by atoms with Crippen molar-refractivity contribution in [2.75, 3.05) is 0 Å². The summed E-state index contributed by atoms with van der Waals surface area (Å²) in [7, 11) is 0. The van der Waals surface area contributed by atoms with Crippen LogP contribution in [-0.2, 0) is 0 Å². The molecule has 2 nitrogen and oxygen atoms in total. The average molecular weight is 645 g/mol. The highest BCUT2D eigenvalue weighted by molar-refractivity contribution is 7.20. The molecule has 0 N–H and O–H groups in total. The molecule has 3 heterocycles. The molecule has 3 heteroatoms. The zero-order valence-corrected chi connectivity index (χ0v) is 24.1. The Morgan fingerprint density at radius 3 is 1.64 bits per heavy atom. The van der Waals surface area contributed by atoms with Gasteiger partial charge in [-0.05, 0) is 45.1 Å². The number of fused-ring (bicyclic) bond motifs is 4. The Bertz CT molecular complexity index is 4080. The second kappa shape index (κ2) is 11.5. The summed E-state index contributed by atoms with van der Waals surface area (Å²) in [6, 6.07) is -25.5. The van der Waals surface area contributed by atoms with Gasteiger partial charge in [0.05, 0.1) is 55.1 Å². The van der Waals surface area contributed by atoms with Gasteiger partial charge in [0, 0.05) is 43.4 Å². The number of hydrogen-bond acceptors (Lipinski definition) is 3. The number of rotatable bonds is 5. The fraction of sp³-hybridized carbons (Fsp3) is 0. The first kappa shape index (κ1) is 11.1. The van der Waals surface area contributed by atoms with Crippen LogP contribution in [0.2, 0.25) is 0 Å². The smallest absolute Gasteiger partial charge is 0.0972 e. The molecule has 0 radical (unpaired) electrons. The third kappa shape index (κ3) is 4.72. The van der Waals surface area contributed by atoms with E-state index in [4.69, 9.17) is 28.8 Å². The molecule has 0 saturated carbocycles. The second-order valence-corrected chi connectivity index (χ2v) is 10.7. The standard InChI is InChI=1S/C44H28N2S/c1-4-13-29(14-5-1)39-40(44(33-17-8-3-9-18-33)47-43(39)32-15-6-2-7-16-32)37-26-25-36(34-20-10-11-21-35(34)37)38-27-24-31-23-22-30-19-12-28-45-41(30)42(31)46-38/h1-28H/i1D,2D,3D,4D,5D,6D,7D,8D,9D,10D,11D,12D,13D,14D,15D,16D,17D,18D,19D,20D,21D,22D,23D,24D,25D,26D,27D,28D. The Labute approximate surface area is 316 Å². The van der Waals surface area contributed by atoms with Gasteiger partial charge in [-0.1, -0.05) is 151 Å². The van der Waals surface area contributed by atoms with Gasteiger partial charge in [0.25, 0.3) is 0 Å². The summed E-state index contributed by atoms with van der Waals surface area (Å²) in [4.78, 5) is 7.30. The van der Waals surface area contributed by atoms with Crippen molar-refractivity contribution in [3.8, 4) is 54.4 Å². The number of hydrogen-bond donors (Lipinski definition) is 0. The third-order valence-corrected chi connectivity index (χ3v) is 8.27. The molecule has 9 aromatic rings. The van der Waals surface area contributed by atoms with Crippen LogP contribution in [0.25, 0.3) is 87.0 Å². The van der Waals surface area contributed by atoms with Crippen LogP contribution in [0.15, 0.2) is 169 Å². The van der Waals surface area contributed by atoms with E-state index in [0.717, 1.165) is 0 Å². The average Bonchev–Trinajstić information content (AvgIpc) is 3.75. The van der Waals surface area contributed by atoms with Gasteiger partial charge in [-0.3, -0.25) is 4.98 Å². The van der Waals surface area contributed by atoms with E-state index in [1.165, 1.54) is 0 Å². The van der Waals surface area contributed by atoms with Crippen LogP contribution in [0.4, 0.5) is 0 Å². The normalized spacial score (nSPS) is 19.7. The van der Waals surface area contributed by atoms with E-state index >= 15 is 0 Å². The van der Waals surface area contributed by atoms with Crippen molar-refractivity contribution in [3.63, 3.8) is 0 Å². The molecule has 0 aliphatic rings. The Balaban J connectivity index is 1.62. The molecule has 6 aromatic carbocycles. The summed E-state index contributed by atoms with van der Waals surface area (Å²) in [5, 5.41) is -2.53. The van der Waals surface area contributed by atoms with Gasteiger partial charge in [0.15, 0.2) is 0 Å². The predicted octanol–water partition coefficient (Wildman–Crippen LogP) is 12.3. The van der Waals surface area contributed by atoms with E-state index in [-0.39, 0.29) is 0 Å². The van der Waals surface area contributed by atoms with Crippen LogP contribution in [0, 0.1) is 0 Å².